The highest BCUT2D eigenvalue weighted by Crippen LogP contribution is 2.30. The van der Waals surface area contributed by atoms with Gasteiger partial charge in [-0.1, -0.05) is 12.1 Å². The molecule has 2 rings (SSSR count). The van der Waals surface area contributed by atoms with E-state index < -0.39 is 11.7 Å². The van der Waals surface area contributed by atoms with Crippen molar-refractivity contribution in [2.45, 2.75) is 37.9 Å². The lowest BCUT2D eigenvalue weighted by molar-refractivity contribution is -0.0334. The van der Waals surface area contributed by atoms with E-state index in [4.69, 9.17) is 4.74 Å². The van der Waals surface area contributed by atoms with Gasteiger partial charge in [0.1, 0.15) is 18.5 Å². The van der Waals surface area contributed by atoms with Gasteiger partial charge in [-0.25, -0.2) is 0 Å². The van der Waals surface area contributed by atoms with Gasteiger partial charge in [-0.15, -0.1) is 0 Å². The molecule has 1 aromatic rings. The molecule has 1 saturated carbocycles. The van der Waals surface area contributed by atoms with Crippen molar-refractivity contribution in [2.24, 2.45) is 0 Å². The number of hydrogen-bond acceptors (Lipinski definition) is 4. The number of aliphatic hydroxyl groups excluding tert-OH is 1. The zero-order valence-electron chi connectivity index (χ0n) is 11.4. The molecular formula is C15H23NO3. The fraction of sp³-hybridized carbons (Fsp3) is 0.600. The molecule has 106 valence electrons. The molecule has 1 fully saturated rings. The van der Waals surface area contributed by atoms with Gasteiger partial charge in [0.2, 0.25) is 0 Å². The Morgan fingerprint density at radius 1 is 1.42 bits per heavy atom. The Balaban J connectivity index is 1.63. The molecule has 0 radical (unpaired) electrons. The molecule has 0 amide bonds. The van der Waals surface area contributed by atoms with Crippen molar-refractivity contribution in [1.82, 2.24) is 5.32 Å². The smallest absolute Gasteiger partial charge is 0.119 e. The molecule has 4 heteroatoms. The van der Waals surface area contributed by atoms with Crippen LogP contribution in [0.15, 0.2) is 24.3 Å². The number of ether oxygens (including phenoxy) is 1. The van der Waals surface area contributed by atoms with Crippen LogP contribution in [0.5, 0.6) is 5.75 Å². The van der Waals surface area contributed by atoms with Crippen molar-refractivity contribution in [3.63, 3.8) is 0 Å². The van der Waals surface area contributed by atoms with Crippen molar-refractivity contribution in [3.8, 4) is 5.75 Å². The largest absolute Gasteiger partial charge is 0.491 e. The summed E-state index contributed by atoms with van der Waals surface area (Å²) in [6.07, 6.45) is 2.24. The number of nitrogens with one attached hydrogen (secondary N) is 1. The average molecular weight is 265 g/mol. The Labute approximate surface area is 114 Å². The number of aliphatic hydroxyl groups is 2. The second-order valence-electron chi connectivity index (χ2n) is 5.49. The van der Waals surface area contributed by atoms with Crippen LogP contribution in [0, 0.1) is 6.92 Å². The first kappa shape index (κ1) is 14.3. The highest BCUT2D eigenvalue weighted by atomic mass is 16.5. The molecule has 1 aromatic carbocycles. The SMILES string of the molecule is Cc1cccc(OCC(O)CNCC2(O)CCC2)c1. The minimum absolute atomic E-state index is 0.259. The van der Waals surface area contributed by atoms with Gasteiger partial charge < -0.3 is 20.3 Å². The van der Waals surface area contributed by atoms with E-state index >= 15 is 0 Å². The van der Waals surface area contributed by atoms with Gasteiger partial charge >= 0.3 is 0 Å². The molecule has 0 aliphatic heterocycles. The molecular weight excluding hydrogens is 242 g/mol. The predicted molar refractivity (Wildman–Crippen MR) is 74.4 cm³/mol. The Kier molecular flexibility index (Phi) is 4.80. The molecule has 1 unspecified atom stereocenters. The van der Waals surface area contributed by atoms with Crippen molar-refractivity contribution in [2.75, 3.05) is 19.7 Å². The highest BCUT2D eigenvalue weighted by molar-refractivity contribution is 5.27. The lowest BCUT2D eigenvalue weighted by Gasteiger charge is -2.36. The Morgan fingerprint density at radius 3 is 2.84 bits per heavy atom. The molecule has 0 saturated heterocycles. The molecule has 19 heavy (non-hydrogen) atoms. The van der Waals surface area contributed by atoms with Gasteiger partial charge in [0.05, 0.1) is 5.60 Å². The van der Waals surface area contributed by atoms with Crippen molar-refractivity contribution < 1.29 is 14.9 Å². The third-order valence-corrected chi connectivity index (χ3v) is 3.55. The second-order valence-corrected chi connectivity index (χ2v) is 5.49. The van der Waals surface area contributed by atoms with Crippen LogP contribution in [0.4, 0.5) is 0 Å². The lowest BCUT2D eigenvalue weighted by Crippen LogP contribution is -2.48. The lowest BCUT2D eigenvalue weighted by atomic mass is 9.80. The van der Waals surface area contributed by atoms with Crippen LogP contribution in [0.3, 0.4) is 0 Å². The topological polar surface area (TPSA) is 61.7 Å². The van der Waals surface area contributed by atoms with E-state index in [1.165, 1.54) is 0 Å². The van der Waals surface area contributed by atoms with Crippen LogP contribution < -0.4 is 10.1 Å². The molecule has 0 heterocycles. The summed E-state index contributed by atoms with van der Waals surface area (Å²) in [4.78, 5) is 0. The summed E-state index contributed by atoms with van der Waals surface area (Å²) in [5.41, 5.74) is 0.592. The maximum absolute atomic E-state index is 9.89. The average Bonchev–Trinajstić information content (AvgIpc) is 2.34. The molecule has 0 aromatic heterocycles. The molecule has 1 atom stereocenters. The first-order valence-corrected chi connectivity index (χ1v) is 6.88. The summed E-state index contributed by atoms with van der Waals surface area (Å²) in [7, 11) is 0. The Bertz CT molecular complexity index is 404. The maximum atomic E-state index is 9.89. The molecule has 1 aliphatic rings. The first-order valence-electron chi connectivity index (χ1n) is 6.88. The quantitative estimate of drug-likeness (QED) is 0.694. The number of benzene rings is 1. The first-order chi connectivity index (χ1) is 9.07. The van der Waals surface area contributed by atoms with E-state index in [-0.39, 0.29) is 6.61 Å². The molecule has 3 N–H and O–H groups in total. The zero-order chi connectivity index (χ0) is 13.7. The molecule has 4 nitrogen and oxygen atoms in total. The van der Waals surface area contributed by atoms with Gasteiger partial charge in [-0.05, 0) is 43.9 Å². The van der Waals surface area contributed by atoms with Crippen molar-refractivity contribution in [1.29, 1.82) is 0 Å². The zero-order valence-corrected chi connectivity index (χ0v) is 11.4. The summed E-state index contributed by atoms with van der Waals surface area (Å²) in [6.45, 7) is 3.25. The third-order valence-electron chi connectivity index (χ3n) is 3.55. The van der Waals surface area contributed by atoms with E-state index in [1.54, 1.807) is 0 Å². The summed E-state index contributed by atoms with van der Waals surface area (Å²) in [5.74, 6) is 0.775. The standard InChI is InChI=1S/C15H23NO3/c1-12-4-2-5-14(8-12)19-10-13(17)9-16-11-15(18)6-3-7-15/h2,4-5,8,13,16-18H,3,6-7,9-11H2,1H3. The van der Waals surface area contributed by atoms with E-state index in [2.05, 4.69) is 5.32 Å². The van der Waals surface area contributed by atoms with Crippen molar-refractivity contribution >= 4 is 0 Å². The Hall–Kier alpha value is -1.10. The second kappa shape index (κ2) is 6.37. The van der Waals surface area contributed by atoms with E-state index in [0.717, 1.165) is 30.6 Å². The van der Waals surface area contributed by atoms with Crippen LogP contribution in [0.25, 0.3) is 0 Å². The summed E-state index contributed by atoms with van der Waals surface area (Å²) < 4.78 is 5.52. The van der Waals surface area contributed by atoms with Gasteiger partial charge in [0, 0.05) is 13.1 Å². The van der Waals surface area contributed by atoms with E-state index in [1.807, 2.05) is 31.2 Å². The monoisotopic (exact) mass is 265 g/mol. The van der Waals surface area contributed by atoms with Crippen LogP contribution in [-0.4, -0.2) is 41.6 Å². The summed E-state index contributed by atoms with van der Waals surface area (Å²) in [6, 6.07) is 7.76. The number of hydrogen-bond donors (Lipinski definition) is 3. The number of rotatable bonds is 7. The van der Waals surface area contributed by atoms with E-state index in [9.17, 15) is 10.2 Å². The minimum Gasteiger partial charge on any atom is -0.491 e. The molecule has 1 aliphatic carbocycles. The van der Waals surface area contributed by atoms with E-state index in [0.29, 0.717) is 13.1 Å². The third kappa shape index (κ3) is 4.49. The van der Waals surface area contributed by atoms with Crippen molar-refractivity contribution in [3.05, 3.63) is 29.8 Å². The highest BCUT2D eigenvalue weighted by Gasteiger charge is 2.33. The van der Waals surface area contributed by atoms with Gasteiger partial charge in [-0.3, -0.25) is 0 Å². The van der Waals surface area contributed by atoms with Gasteiger partial charge in [-0.2, -0.15) is 0 Å². The number of aryl methyl sites for hydroxylation is 1. The van der Waals surface area contributed by atoms with Gasteiger partial charge in [0.15, 0.2) is 0 Å². The predicted octanol–water partition coefficient (Wildman–Crippen LogP) is 1.24. The van der Waals surface area contributed by atoms with Crippen LogP contribution in [-0.2, 0) is 0 Å². The Morgan fingerprint density at radius 2 is 2.21 bits per heavy atom. The van der Waals surface area contributed by atoms with Gasteiger partial charge in [0.25, 0.3) is 0 Å². The van der Waals surface area contributed by atoms with Crippen LogP contribution in [0.2, 0.25) is 0 Å². The fourth-order valence-corrected chi connectivity index (χ4v) is 2.19. The minimum atomic E-state index is -0.566. The molecule has 0 bridgehead atoms. The fourth-order valence-electron chi connectivity index (χ4n) is 2.19. The normalized spacial score (nSPS) is 18.7. The van der Waals surface area contributed by atoms with Crippen LogP contribution >= 0.6 is 0 Å². The summed E-state index contributed by atoms with van der Waals surface area (Å²) in [5, 5.41) is 22.8. The van der Waals surface area contributed by atoms with Crippen LogP contribution in [0.1, 0.15) is 24.8 Å². The maximum Gasteiger partial charge on any atom is 0.119 e. The molecule has 0 spiro atoms. The summed E-state index contributed by atoms with van der Waals surface area (Å²) >= 11 is 0.